The molecule has 5 aliphatic heterocycles. The van der Waals surface area contributed by atoms with Gasteiger partial charge in [0.2, 0.25) is 34.5 Å². The van der Waals surface area contributed by atoms with Crippen LogP contribution in [-0.2, 0) is 43.4 Å². The highest BCUT2D eigenvalue weighted by molar-refractivity contribution is 6.01. The average molecular weight is 1260 g/mol. The second kappa shape index (κ2) is 19.0. The molecule has 480 valence electrons. The number of allylic oxidation sites excluding steroid dienone is 1. The van der Waals surface area contributed by atoms with E-state index in [1.807, 2.05) is 31.0 Å². The number of hydrogen-bond donors (Lipinski definition) is 0. The van der Waals surface area contributed by atoms with E-state index < -0.39 is 0 Å². The van der Waals surface area contributed by atoms with Gasteiger partial charge in [0.15, 0.2) is 18.1 Å². The zero-order chi connectivity index (χ0) is 66.7. The van der Waals surface area contributed by atoms with Gasteiger partial charge in [0, 0.05) is 55.5 Å². The van der Waals surface area contributed by atoms with Gasteiger partial charge in [0.05, 0.1) is 119 Å². The van der Waals surface area contributed by atoms with Crippen LogP contribution in [0.3, 0.4) is 0 Å². The molecule has 0 saturated heterocycles. The molecule has 95 heavy (non-hydrogen) atoms. The minimum Gasteiger partial charge on any atom is -0.359 e. The number of aromatic nitrogens is 17. The smallest absolute Gasteiger partial charge is 0.293 e. The molecule has 0 fully saturated rings. The SMILES string of the molecule is Cc1ccc2c3c1-c1c(ccc[n+]1C)C(C)(C)n3c1nc(C)c(C)n21.Cc1ccc2c3c1-c1c(ncc[n+]1C)C(C)(C)n3c1nccn21.Cc1ccc2c3c1-c1n(cc[n+]1C)C(C)(C)n3c1nc(C)c(C)n21.Cc1ccc2c3c1N1C(=CN(C)[C@@H]1C)C(C)(C)n3c1nccn21. The van der Waals surface area contributed by atoms with Crippen LogP contribution < -0.4 is 18.6 Å². The Bertz CT molecular complexity index is 5930. The second-order valence-corrected chi connectivity index (χ2v) is 29.4. The first-order valence-corrected chi connectivity index (χ1v) is 33.2. The quantitative estimate of drug-likeness (QED) is 0.138. The molecular formula is C76H84N19+3. The number of anilines is 1. The second-order valence-electron chi connectivity index (χ2n) is 29.4. The van der Waals surface area contributed by atoms with Gasteiger partial charge in [-0.15, -0.1) is 0 Å². The summed E-state index contributed by atoms with van der Waals surface area (Å²) in [6, 6.07) is 22.2. The van der Waals surface area contributed by atoms with E-state index in [4.69, 9.17) is 15.0 Å². The highest BCUT2D eigenvalue weighted by Gasteiger charge is 2.48. The molecule has 20 rings (SSSR count). The lowest BCUT2D eigenvalue weighted by Crippen LogP contribution is -2.45. The zero-order valence-corrected chi connectivity index (χ0v) is 58.6. The van der Waals surface area contributed by atoms with E-state index in [0.29, 0.717) is 6.17 Å². The van der Waals surface area contributed by atoms with Crippen LogP contribution in [0.2, 0.25) is 0 Å². The fraction of sp³-hybridized carbons (Fsp3) is 0.342. The maximum absolute atomic E-state index is 4.94. The molecule has 0 bridgehead atoms. The first-order chi connectivity index (χ1) is 45.1. The van der Waals surface area contributed by atoms with Crippen LogP contribution in [0.25, 0.3) is 101 Å². The topological polar surface area (TPSA) is 125 Å². The number of imidazole rings is 9. The summed E-state index contributed by atoms with van der Waals surface area (Å²) in [4.78, 5) is 28.6. The average Bonchev–Trinajstić information content (AvgIpc) is 1.60. The summed E-state index contributed by atoms with van der Waals surface area (Å²) in [5.41, 5.74) is 30.5. The Morgan fingerprint density at radius 2 is 0.968 bits per heavy atom. The van der Waals surface area contributed by atoms with Crippen LogP contribution in [0.15, 0.2) is 128 Å². The predicted molar refractivity (Wildman–Crippen MR) is 375 cm³/mol. The van der Waals surface area contributed by atoms with Gasteiger partial charge in [0.1, 0.15) is 38.3 Å². The summed E-state index contributed by atoms with van der Waals surface area (Å²) < 4.78 is 27.6. The summed E-state index contributed by atoms with van der Waals surface area (Å²) in [7, 11) is 8.52. The van der Waals surface area contributed by atoms with Gasteiger partial charge < -0.3 is 9.80 Å². The van der Waals surface area contributed by atoms with Crippen LogP contribution in [0, 0.1) is 55.4 Å². The summed E-state index contributed by atoms with van der Waals surface area (Å²) in [6.07, 6.45) is 20.8. The van der Waals surface area contributed by atoms with Crippen LogP contribution in [-0.4, -0.2) is 83.5 Å². The van der Waals surface area contributed by atoms with E-state index >= 15 is 0 Å². The highest BCUT2D eigenvalue weighted by atomic mass is 15.4. The molecule has 5 aliphatic rings. The molecule has 0 amide bonds. The van der Waals surface area contributed by atoms with Gasteiger partial charge in [-0.2, -0.15) is 4.57 Å². The molecule has 0 radical (unpaired) electrons. The molecule has 4 aromatic carbocycles. The molecule has 1 atom stereocenters. The Balaban J connectivity index is 0.0000000961. The Hall–Kier alpha value is -10.3. The first-order valence-electron chi connectivity index (χ1n) is 33.2. The fourth-order valence-corrected chi connectivity index (χ4v) is 17.3. The Labute approximate surface area is 551 Å². The van der Waals surface area contributed by atoms with E-state index in [1.54, 1.807) is 0 Å². The van der Waals surface area contributed by atoms with E-state index in [0.717, 1.165) is 40.2 Å². The number of pyridine rings is 1. The van der Waals surface area contributed by atoms with Crippen molar-refractivity contribution in [1.29, 1.82) is 0 Å². The van der Waals surface area contributed by atoms with Gasteiger partial charge in [0.25, 0.3) is 5.82 Å². The van der Waals surface area contributed by atoms with Gasteiger partial charge in [-0.05, 0) is 170 Å². The van der Waals surface area contributed by atoms with Crippen molar-refractivity contribution in [1.82, 2.24) is 70.3 Å². The van der Waals surface area contributed by atoms with Crippen molar-refractivity contribution in [3.63, 3.8) is 0 Å². The molecule has 11 aromatic heterocycles. The summed E-state index contributed by atoms with van der Waals surface area (Å²) in [5, 5.41) is 0. The standard InChI is InChI=1S/C21H23N4.C19H22N5.C18H21N5.C18H18N5/c1-12-9-10-16-19-17(12)18-15(8-7-11-23(18)6)21(4,5)25(19)20-22-13(2)14(3)24(16)20;1-11-7-8-14-16-15(11)17-21(6)9-10-22(17)19(4,5)24(16)18-20-12(2)13(3)23(14)18;1-11-6-7-13-16-15(11)22-12(2)20(5)10-14(22)18(3,4)23(16)17-19-8-9-21(13)17;1-11-5-6-12-14-13(11)15-16(19-7-9-21(15)4)18(2,3)23(14)17-20-8-10-22(12)17/h7-11H,1-6H3;7-10H,1-6H3;6-10,12H,1-5H3;5-10H,1-4H3/q2*+1;;+1/t;;12-;/m..0./s1. The Morgan fingerprint density at radius 3 is 1.59 bits per heavy atom. The van der Waals surface area contributed by atoms with Crippen LogP contribution in [0.4, 0.5) is 5.69 Å². The van der Waals surface area contributed by atoms with Crippen molar-refractivity contribution in [2.45, 2.75) is 146 Å². The van der Waals surface area contributed by atoms with Gasteiger partial charge in [-0.25, -0.2) is 38.6 Å². The molecule has 16 heterocycles. The molecule has 0 aliphatic carbocycles. The van der Waals surface area contributed by atoms with Crippen LogP contribution in [0.1, 0.15) is 119 Å². The number of aryl methyl sites for hydroxylation is 11. The normalized spacial score (nSPS) is 16.9. The first kappa shape index (κ1) is 58.5. The lowest BCUT2D eigenvalue weighted by atomic mass is 9.84. The molecule has 0 unspecified atom stereocenters. The third-order valence-corrected chi connectivity index (χ3v) is 22.4. The van der Waals surface area contributed by atoms with Crippen molar-refractivity contribution in [2.75, 3.05) is 11.9 Å². The largest absolute Gasteiger partial charge is 0.359 e. The third kappa shape index (κ3) is 7.19. The number of fused-ring (bicyclic) bond motifs is 20. The van der Waals surface area contributed by atoms with Crippen molar-refractivity contribution in [3.8, 4) is 33.9 Å². The Kier molecular flexibility index (Phi) is 11.7. The zero-order valence-electron chi connectivity index (χ0n) is 58.6. The minimum absolute atomic E-state index is 0.145. The van der Waals surface area contributed by atoms with Crippen molar-refractivity contribution < 1.29 is 13.7 Å². The molecule has 15 aromatic rings. The van der Waals surface area contributed by atoms with E-state index in [9.17, 15) is 0 Å². The molecule has 19 heteroatoms. The van der Waals surface area contributed by atoms with Crippen molar-refractivity contribution in [3.05, 3.63) is 185 Å². The molecule has 19 nitrogen and oxygen atoms in total. The maximum Gasteiger partial charge on any atom is 0.293 e. The van der Waals surface area contributed by atoms with Crippen LogP contribution in [0.5, 0.6) is 0 Å². The van der Waals surface area contributed by atoms with Gasteiger partial charge in [-0.1, -0.05) is 24.3 Å². The molecular weight excluding hydrogens is 1180 g/mol. The molecule has 0 N–H and O–H groups in total. The molecule has 0 spiro atoms. The van der Waals surface area contributed by atoms with Gasteiger partial charge >= 0.3 is 0 Å². The lowest BCUT2D eigenvalue weighted by Gasteiger charge is -2.43. The summed E-state index contributed by atoms with van der Waals surface area (Å²) in [6.45, 7) is 37.7. The maximum atomic E-state index is 4.94. The van der Waals surface area contributed by atoms with Crippen molar-refractivity contribution in [2.24, 2.45) is 21.1 Å². The third-order valence-electron chi connectivity index (χ3n) is 22.4. The summed E-state index contributed by atoms with van der Waals surface area (Å²) >= 11 is 0. The Morgan fingerprint density at radius 1 is 0.463 bits per heavy atom. The lowest BCUT2D eigenvalue weighted by molar-refractivity contribution is -0.661. The molecule has 0 saturated carbocycles. The van der Waals surface area contributed by atoms with E-state index in [2.05, 4.69) is 311 Å². The number of benzene rings is 4. The van der Waals surface area contributed by atoms with E-state index in [-0.39, 0.29) is 22.3 Å². The van der Waals surface area contributed by atoms with E-state index in [1.165, 1.54) is 129 Å². The van der Waals surface area contributed by atoms with Crippen molar-refractivity contribution >= 4 is 72.9 Å². The summed E-state index contributed by atoms with van der Waals surface area (Å²) in [5.74, 6) is 5.30. The van der Waals surface area contributed by atoms with Gasteiger partial charge in [-0.3, -0.25) is 35.9 Å². The highest BCUT2D eigenvalue weighted by Crippen LogP contribution is 2.52. The van der Waals surface area contributed by atoms with Crippen LogP contribution >= 0.6 is 0 Å². The number of nitrogens with zero attached hydrogens (tertiary/aromatic N) is 19. The fourth-order valence-electron chi connectivity index (χ4n) is 17.3. The monoisotopic (exact) mass is 1260 g/mol. The number of rotatable bonds is 0. The number of hydrogen-bond acceptors (Lipinski definition) is 7. The minimum atomic E-state index is -0.260. The predicted octanol–water partition coefficient (Wildman–Crippen LogP) is 12.7.